The third-order valence-electron chi connectivity index (χ3n) is 8.32. The fourth-order valence-corrected chi connectivity index (χ4v) is 5.99. The van der Waals surface area contributed by atoms with Crippen LogP contribution in [-0.2, 0) is 41.2 Å². The van der Waals surface area contributed by atoms with Gasteiger partial charge in [-0.1, -0.05) is 55.5 Å². The molecule has 2 aromatic heterocycles. The number of carbonyl (C=O) groups is 1. The summed E-state index contributed by atoms with van der Waals surface area (Å²) >= 11 is 0. The number of carbonyl (C=O) groups excluding carboxylic acids is 1. The number of hydrogen-bond donors (Lipinski definition) is 1. The van der Waals surface area contributed by atoms with Crippen molar-refractivity contribution < 1.29 is 14.6 Å². The van der Waals surface area contributed by atoms with Gasteiger partial charge in [-0.05, 0) is 49.9 Å². The zero-order valence-corrected chi connectivity index (χ0v) is 22.6. The summed E-state index contributed by atoms with van der Waals surface area (Å²) in [5.74, 6) is -0.709. The molecule has 2 aliphatic heterocycles. The van der Waals surface area contributed by atoms with Gasteiger partial charge in [-0.2, -0.15) is 0 Å². The van der Waals surface area contributed by atoms with Crippen molar-refractivity contribution in [3.63, 3.8) is 0 Å². The SMILES string of the molecule is CCC1(O)C(=O)OCc2c1cc1n(c2=O)Cc2c-1nc1ccccc1c2CCN(Cc1ccccc1)C(C)C. The highest BCUT2D eigenvalue weighted by Crippen LogP contribution is 2.40. The van der Waals surface area contributed by atoms with Gasteiger partial charge in [0.1, 0.15) is 6.61 Å². The smallest absolute Gasteiger partial charge is 0.343 e. The zero-order chi connectivity index (χ0) is 27.3. The van der Waals surface area contributed by atoms with Crippen LogP contribution in [0.15, 0.2) is 65.5 Å². The zero-order valence-electron chi connectivity index (χ0n) is 22.6. The third-order valence-corrected chi connectivity index (χ3v) is 8.32. The van der Waals surface area contributed by atoms with Crippen LogP contribution < -0.4 is 5.56 Å². The van der Waals surface area contributed by atoms with Crippen LogP contribution in [-0.4, -0.2) is 38.1 Å². The molecule has 200 valence electrons. The average Bonchev–Trinajstić information content (AvgIpc) is 3.31. The molecule has 1 atom stereocenters. The Bertz CT molecular complexity index is 1640. The number of rotatable bonds is 7. The minimum atomic E-state index is -1.83. The topological polar surface area (TPSA) is 84.7 Å². The molecule has 7 nitrogen and oxygen atoms in total. The summed E-state index contributed by atoms with van der Waals surface area (Å²) < 4.78 is 6.95. The van der Waals surface area contributed by atoms with Gasteiger partial charge >= 0.3 is 5.97 Å². The van der Waals surface area contributed by atoms with Crippen LogP contribution in [0.5, 0.6) is 0 Å². The van der Waals surface area contributed by atoms with Crippen LogP contribution in [0, 0.1) is 0 Å². The molecule has 1 N–H and O–H groups in total. The van der Waals surface area contributed by atoms with E-state index in [4.69, 9.17) is 9.72 Å². The first-order valence-corrected chi connectivity index (χ1v) is 13.7. The van der Waals surface area contributed by atoms with Gasteiger partial charge in [0.05, 0.1) is 29.0 Å². The Balaban J connectivity index is 1.45. The van der Waals surface area contributed by atoms with Crippen LogP contribution in [0.3, 0.4) is 0 Å². The maximum atomic E-state index is 13.7. The number of cyclic esters (lactones) is 1. The maximum Gasteiger partial charge on any atom is 0.343 e. The van der Waals surface area contributed by atoms with E-state index in [0.29, 0.717) is 29.4 Å². The Kier molecular flexibility index (Phi) is 6.36. The fraction of sp³-hybridized carbons (Fsp3) is 0.344. The monoisotopic (exact) mass is 523 g/mol. The number of aliphatic hydroxyl groups is 1. The number of ether oxygens (including phenoxy) is 1. The second-order valence-electron chi connectivity index (χ2n) is 10.8. The van der Waals surface area contributed by atoms with E-state index < -0.39 is 11.6 Å². The first-order valence-electron chi connectivity index (χ1n) is 13.7. The highest BCUT2D eigenvalue weighted by atomic mass is 16.6. The quantitative estimate of drug-likeness (QED) is 0.316. The summed E-state index contributed by atoms with van der Waals surface area (Å²) in [4.78, 5) is 33.7. The lowest BCUT2D eigenvalue weighted by atomic mass is 9.86. The normalized spacial score (nSPS) is 17.8. The Morgan fingerprint density at radius 3 is 2.56 bits per heavy atom. The molecule has 0 amide bonds. The van der Waals surface area contributed by atoms with Crippen LogP contribution in [0.4, 0.5) is 0 Å². The number of para-hydroxylation sites is 1. The van der Waals surface area contributed by atoms with Crippen molar-refractivity contribution in [2.45, 2.75) is 65.0 Å². The van der Waals surface area contributed by atoms with Crippen molar-refractivity contribution in [2.24, 2.45) is 0 Å². The molecule has 4 aromatic rings. The summed E-state index contributed by atoms with van der Waals surface area (Å²) in [6.45, 7) is 8.15. The third kappa shape index (κ3) is 4.17. The summed E-state index contributed by atoms with van der Waals surface area (Å²) in [5, 5.41) is 12.3. The number of nitrogens with zero attached hydrogens (tertiary/aromatic N) is 3. The standard InChI is InChI=1S/C32H33N3O4/c1-4-32(38)26-16-28-29-24(18-35(28)30(36)25(26)19-39-31(32)37)22(23-12-8-9-13-27(23)33-29)14-15-34(20(2)3)17-21-10-6-5-7-11-21/h5-13,16,20,38H,4,14-15,17-19H2,1-3H3. The summed E-state index contributed by atoms with van der Waals surface area (Å²) in [7, 11) is 0. The minimum Gasteiger partial charge on any atom is -0.458 e. The van der Waals surface area contributed by atoms with Gasteiger partial charge in [-0.3, -0.25) is 9.69 Å². The molecule has 0 bridgehead atoms. The minimum absolute atomic E-state index is 0.122. The van der Waals surface area contributed by atoms with Crippen molar-refractivity contribution in [1.82, 2.24) is 14.5 Å². The number of aromatic nitrogens is 2. The molecule has 0 spiro atoms. The summed E-state index contributed by atoms with van der Waals surface area (Å²) in [6.07, 6.45) is 0.927. The predicted molar refractivity (Wildman–Crippen MR) is 150 cm³/mol. The van der Waals surface area contributed by atoms with Crippen LogP contribution in [0.1, 0.15) is 55.0 Å². The van der Waals surface area contributed by atoms with Crippen LogP contribution in [0.2, 0.25) is 0 Å². The molecule has 0 fully saturated rings. The molecule has 0 saturated carbocycles. The molecule has 6 rings (SSSR count). The first kappa shape index (κ1) is 25.5. The lowest BCUT2D eigenvalue weighted by molar-refractivity contribution is -0.172. The van der Waals surface area contributed by atoms with Crippen molar-refractivity contribution in [3.05, 3.63) is 98.8 Å². The van der Waals surface area contributed by atoms with E-state index in [2.05, 4.69) is 49.1 Å². The molecule has 2 aromatic carbocycles. The number of hydrogen-bond acceptors (Lipinski definition) is 6. The second kappa shape index (κ2) is 9.74. The lowest BCUT2D eigenvalue weighted by Gasteiger charge is -2.31. The Labute approximate surface area is 227 Å². The molecule has 0 aliphatic carbocycles. The van der Waals surface area contributed by atoms with Gasteiger partial charge in [-0.25, -0.2) is 9.78 Å². The fourth-order valence-electron chi connectivity index (χ4n) is 5.99. The molecule has 0 saturated heterocycles. The van der Waals surface area contributed by atoms with Gasteiger partial charge in [-0.15, -0.1) is 0 Å². The Morgan fingerprint density at radius 2 is 1.82 bits per heavy atom. The molecule has 1 unspecified atom stereocenters. The van der Waals surface area contributed by atoms with Crippen molar-refractivity contribution in [2.75, 3.05) is 6.54 Å². The van der Waals surface area contributed by atoms with E-state index in [1.54, 1.807) is 17.6 Å². The number of benzene rings is 2. The van der Waals surface area contributed by atoms with E-state index in [9.17, 15) is 14.7 Å². The van der Waals surface area contributed by atoms with E-state index in [1.165, 1.54) is 11.1 Å². The van der Waals surface area contributed by atoms with Gasteiger partial charge in [0, 0.05) is 35.6 Å². The van der Waals surface area contributed by atoms with Crippen LogP contribution >= 0.6 is 0 Å². The van der Waals surface area contributed by atoms with E-state index in [-0.39, 0.29) is 18.6 Å². The molecule has 2 aliphatic rings. The number of fused-ring (bicyclic) bond motifs is 5. The van der Waals surface area contributed by atoms with Crippen LogP contribution in [0.25, 0.3) is 22.3 Å². The lowest BCUT2D eigenvalue weighted by Crippen LogP contribution is -2.44. The largest absolute Gasteiger partial charge is 0.458 e. The van der Waals surface area contributed by atoms with Gasteiger partial charge < -0.3 is 14.4 Å². The van der Waals surface area contributed by atoms with Crippen molar-refractivity contribution in [3.8, 4) is 11.4 Å². The first-order chi connectivity index (χ1) is 18.8. The molecule has 0 radical (unpaired) electrons. The summed E-state index contributed by atoms with van der Waals surface area (Å²) in [5.41, 5.74) is 4.38. The maximum absolute atomic E-state index is 13.7. The van der Waals surface area contributed by atoms with Crippen molar-refractivity contribution >= 4 is 16.9 Å². The highest BCUT2D eigenvalue weighted by molar-refractivity contribution is 5.89. The predicted octanol–water partition coefficient (Wildman–Crippen LogP) is 4.53. The Hall–Kier alpha value is -3.81. The van der Waals surface area contributed by atoms with Crippen molar-refractivity contribution in [1.29, 1.82) is 0 Å². The molecule has 4 heterocycles. The average molecular weight is 524 g/mol. The van der Waals surface area contributed by atoms with Gasteiger partial charge in [0.15, 0.2) is 5.60 Å². The van der Waals surface area contributed by atoms with E-state index in [1.807, 2.05) is 24.3 Å². The molecular weight excluding hydrogens is 490 g/mol. The van der Waals surface area contributed by atoms with E-state index >= 15 is 0 Å². The van der Waals surface area contributed by atoms with Gasteiger partial charge in [0.25, 0.3) is 5.56 Å². The number of esters is 1. The molecular formula is C32H33N3O4. The second-order valence-corrected chi connectivity index (χ2v) is 10.8. The summed E-state index contributed by atoms with van der Waals surface area (Å²) in [6, 6.07) is 20.8. The van der Waals surface area contributed by atoms with E-state index in [0.717, 1.165) is 41.7 Å². The Morgan fingerprint density at radius 1 is 1.08 bits per heavy atom. The highest BCUT2D eigenvalue weighted by Gasteiger charge is 2.45. The molecule has 39 heavy (non-hydrogen) atoms. The van der Waals surface area contributed by atoms with Gasteiger partial charge in [0.2, 0.25) is 0 Å². The number of pyridine rings is 2. The molecule has 7 heteroatoms.